The molecule has 0 amide bonds. The highest BCUT2D eigenvalue weighted by molar-refractivity contribution is 7.18. The molecule has 1 atom stereocenters. The monoisotopic (exact) mass is 310 g/mol. The molecule has 5 heteroatoms. The summed E-state index contributed by atoms with van der Waals surface area (Å²) in [4.78, 5) is 11.7. The maximum atomic E-state index is 11.7. The van der Waals surface area contributed by atoms with Crippen molar-refractivity contribution < 1.29 is 14.1 Å². The SMILES string of the molecule is CCC(C(=O)OC)/C(Cl)=C/c1sc2ccccc2[n+]1C. The van der Waals surface area contributed by atoms with Crippen LogP contribution in [0.3, 0.4) is 0 Å². The summed E-state index contributed by atoms with van der Waals surface area (Å²) in [5.74, 6) is -0.690. The maximum Gasteiger partial charge on any atom is 0.314 e. The molecular weight excluding hydrogens is 294 g/mol. The number of para-hydroxylation sites is 1. The number of benzene rings is 1. The molecule has 1 heterocycles. The number of aromatic nitrogens is 1. The minimum absolute atomic E-state index is 0.294. The summed E-state index contributed by atoms with van der Waals surface area (Å²) in [5, 5.41) is 1.53. The number of nitrogens with zero attached hydrogens (tertiary/aromatic N) is 1. The van der Waals surface area contributed by atoms with Crippen LogP contribution < -0.4 is 4.57 Å². The molecule has 0 saturated carbocycles. The van der Waals surface area contributed by atoms with Crippen LogP contribution in [-0.2, 0) is 16.6 Å². The smallest absolute Gasteiger partial charge is 0.314 e. The number of hydrogen-bond acceptors (Lipinski definition) is 3. The number of halogens is 1. The number of esters is 1. The van der Waals surface area contributed by atoms with Gasteiger partial charge in [0, 0.05) is 17.2 Å². The Bertz CT molecular complexity index is 663. The fraction of sp³-hybridized carbons (Fsp3) is 0.333. The number of carbonyl (C=O) groups is 1. The van der Waals surface area contributed by atoms with E-state index in [9.17, 15) is 4.79 Å². The minimum Gasteiger partial charge on any atom is -0.469 e. The molecule has 1 aromatic carbocycles. The van der Waals surface area contributed by atoms with E-state index in [2.05, 4.69) is 16.7 Å². The summed E-state index contributed by atoms with van der Waals surface area (Å²) in [5.41, 5.74) is 1.15. The topological polar surface area (TPSA) is 30.2 Å². The van der Waals surface area contributed by atoms with Gasteiger partial charge in [-0.2, -0.15) is 4.57 Å². The fourth-order valence-electron chi connectivity index (χ4n) is 2.08. The maximum absolute atomic E-state index is 11.7. The van der Waals surface area contributed by atoms with Crippen molar-refractivity contribution in [3.8, 4) is 0 Å². The number of thiazole rings is 1. The first-order chi connectivity index (χ1) is 9.58. The lowest BCUT2D eigenvalue weighted by Gasteiger charge is -2.10. The van der Waals surface area contributed by atoms with E-state index in [0.717, 1.165) is 10.5 Å². The molecule has 0 bridgehead atoms. The van der Waals surface area contributed by atoms with Crippen LogP contribution in [-0.4, -0.2) is 13.1 Å². The van der Waals surface area contributed by atoms with Crippen LogP contribution in [0.5, 0.6) is 0 Å². The summed E-state index contributed by atoms with van der Waals surface area (Å²) in [6, 6.07) is 8.15. The van der Waals surface area contributed by atoms with E-state index in [1.807, 2.05) is 32.2 Å². The molecule has 0 saturated heterocycles. The molecule has 2 rings (SSSR count). The number of methoxy groups -OCH3 is 1. The molecule has 106 valence electrons. The van der Waals surface area contributed by atoms with Crippen molar-refractivity contribution in [2.75, 3.05) is 7.11 Å². The Balaban J connectivity index is 2.41. The highest BCUT2D eigenvalue weighted by atomic mass is 35.5. The van der Waals surface area contributed by atoms with Crippen molar-refractivity contribution in [3.63, 3.8) is 0 Å². The molecule has 0 aliphatic carbocycles. The lowest BCUT2D eigenvalue weighted by atomic mass is 10.1. The van der Waals surface area contributed by atoms with E-state index in [-0.39, 0.29) is 5.97 Å². The van der Waals surface area contributed by atoms with Crippen LogP contribution >= 0.6 is 22.9 Å². The van der Waals surface area contributed by atoms with Crippen LogP contribution in [0.15, 0.2) is 29.3 Å². The quantitative estimate of drug-likeness (QED) is 0.639. The first-order valence-corrected chi connectivity index (χ1v) is 7.60. The van der Waals surface area contributed by atoms with Crippen molar-refractivity contribution in [2.45, 2.75) is 13.3 Å². The van der Waals surface area contributed by atoms with Gasteiger partial charge in [0.15, 0.2) is 0 Å². The molecule has 2 aromatic rings. The number of ether oxygens (including phenoxy) is 1. The molecule has 1 unspecified atom stereocenters. The molecule has 0 aliphatic rings. The first-order valence-electron chi connectivity index (χ1n) is 6.41. The third-order valence-corrected chi connectivity index (χ3v) is 4.80. The van der Waals surface area contributed by atoms with Gasteiger partial charge in [-0.1, -0.05) is 42.0 Å². The lowest BCUT2D eigenvalue weighted by Crippen LogP contribution is -2.29. The molecule has 0 N–H and O–H groups in total. The Morgan fingerprint density at radius 3 is 2.80 bits per heavy atom. The van der Waals surface area contributed by atoms with E-state index >= 15 is 0 Å². The Hall–Kier alpha value is -1.39. The second-order valence-corrected chi connectivity index (χ2v) is 5.98. The third kappa shape index (κ3) is 2.86. The van der Waals surface area contributed by atoms with Crippen LogP contribution in [0.1, 0.15) is 18.4 Å². The number of aryl methyl sites for hydroxylation is 1. The Morgan fingerprint density at radius 2 is 2.20 bits per heavy atom. The van der Waals surface area contributed by atoms with Crippen LogP contribution in [0.2, 0.25) is 0 Å². The standard InChI is InChI=1S/C15H17ClNO2S/c1-4-10(15(18)19-3)11(16)9-14-17(2)12-7-5-6-8-13(12)20-14/h5-10H,4H2,1-3H3/q+1/b11-9-. The molecule has 0 radical (unpaired) electrons. The van der Waals surface area contributed by atoms with Crippen molar-refractivity contribution >= 4 is 45.2 Å². The summed E-state index contributed by atoms with van der Waals surface area (Å²) in [6.45, 7) is 1.92. The predicted octanol–water partition coefficient (Wildman–Crippen LogP) is 3.50. The Labute approximate surface area is 127 Å². The van der Waals surface area contributed by atoms with Crippen molar-refractivity contribution in [2.24, 2.45) is 13.0 Å². The molecule has 0 aliphatic heterocycles. The predicted molar refractivity (Wildman–Crippen MR) is 82.6 cm³/mol. The molecule has 20 heavy (non-hydrogen) atoms. The third-order valence-electron chi connectivity index (χ3n) is 3.26. The van der Waals surface area contributed by atoms with Gasteiger partial charge >= 0.3 is 5.97 Å². The van der Waals surface area contributed by atoms with E-state index in [0.29, 0.717) is 11.5 Å². The summed E-state index contributed by atoms with van der Waals surface area (Å²) < 4.78 is 8.05. The van der Waals surface area contributed by atoms with Gasteiger partial charge in [-0.25, -0.2) is 0 Å². The summed E-state index contributed by atoms with van der Waals surface area (Å²) in [7, 11) is 3.38. The largest absolute Gasteiger partial charge is 0.469 e. The van der Waals surface area contributed by atoms with E-state index in [1.54, 1.807) is 11.3 Å². The minimum atomic E-state index is -0.396. The zero-order valence-corrected chi connectivity index (χ0v) is 13.3. The van der Waals surface area contributed by atoms with Gasteiger partial charge in [-0.3, -0.25) is 4.79 Å². The average molecular weight is 311 g/mol. The molecule has 0 spiro atoms. The summed E-state index contributed by atoms with van der Waals surface area (Å²) in [6.07, 6.45) is 2.48. The van der Waals surface area contributed by atoms with Gasteiger partial charge in [0.2, 0.25) is 5.52 Å². The number of carbonyl (C=O) groups excluding carboxylic acids is 1. The average Bonchev–Trinajstić information content (AvgIpc) is 2.76. The Morgan fingerprint density at radius 1 is 1.50 bits per heavy atom. The highest BCUT2D eigenvalue weighted by Gasteiger charge is 2.23. The fourth-order valence-corrected chi connectivity index (χ4v) is 3.60. The first kappa shape index (κ1) is 15.0. The molecular formula is C15H17ClNO2S+. The van der Waals surface area contributed by atoms with Crippen LogP contribution in [0.4, 0.5) is 0 Å². The number of rotatable bonds is 4. The lowest BCUT2D eigenvalue weighted by molar-refractivity contribution is -0.642. The van der Waals surface area contributed by atoms with Gasteiger partial charge in [0.05, 0.1) is 13.0 Å². The second kappa shape index (κ2) is 6.37. The highest BCUT2D eigenvalue weighted by Crippen LogP contribution is 2.26. The van der Waals surface area contributed by atoms with E-state index in [1.165, 1.54) is 11.8 Å². The van der Waals surface area contributed by atoms with Gasteiger partial charge in [-0.05, 0) is 12.5 Å². The van der Waals surface area contributed by atoms with Gasteiger partial charge in [0.25, 0.3) is 5.01 Å². The van der Waals surface area contributed by atoms with E-state index in [4.69, 9.17) is 16.3 Å². The molecule has 1 aromatic heterocycles. The summed E-state index contributed by atoms with van der Waals surface area (Å²) >= 11 is 7.96. The number of hydrogen-bond donors (Lipinski definition) is 0. The van der Waals surface area contributed by atoms with Crippen LogP contribution in [0, 0.1) is 5.92 Å². The number of fused-ring (bicyclic) bond motifs is 1. The molecule has 0 fully saturated rings. The zero-order chi connectivity index (χ0) is 14.7. The molecule has 3 nitrogen and oxygen atoms in total. The zero-order valence-electron chi connectivity index (χ0n) is 11.7. The van der Waals surface area contributed by atoms with Gasteiger partial charge in [-0.15, -0.1) is 0 Å². The normalized spacial score (nSPS) is 13.5. The van der Waals surface area contributed by atoms with Gasteiger partial charge in [0.1, 0.15) is 11.7 Å². The van der Waals surface area contributed by atoms with Gasteiger partial charge < -0.3 is 4.74 Å². The van der Waals surface area contributed by atoms with Crippen molar-refractivity contribution in [1.29, 1.82) is 0 Å². The van der Waals surface area contributed by atoms with E-state index < -0.39 is 5.92 Å². The Kier molecular flexibility index (Phi) is 4.78. The van der Waals surface area contributed by atoms with Crippen LogP contribution in [0.25, 0.3) is 16.3 Å². The second-order valence-electron chi connectivity index (χ2n) is 4.48. The van der Waals surface area contributed by atoms with Crippen molar-refractivity contribution in [1.82, 2.24) is 0 Å². The van der Waals surface area contributed by atoms with Crippen molar-refractivity contribution in [3.05, 3.63) is 34.3 Å².